The number of hydrogen-bond donors (Lipinski definition) is 0. The van der Waals surface area contributed by atoms with Crippen LogP contribution < -0.4 is 4.90 Å². The molecule has 0 aliphatic heterocycles. The maximum absolute atomic E-state index is 2.50. The van der Waals surface area contributed by atoms with Gasteiger partial charge in [-0.3, -0.25) is 0 Å². The third-order valence-corrected chi connectivity index (χ3v) is 8.85. The molecule has 1 heteroatoms. The van der Waals surface area contributed by atoms with Gasteiger partial charge in [0.25, 0.3) is 0 Å². The van der Waals surface area contributed by atoms with Gasteiger partial charge in [-0.15, -0.1) is 0 Å². The van der Waals surface area contributed by atoms with Crippen LogP contribution in [0.15, 0.2) is 140 Å². The van der Waals surface area contributed by atoms with Crippen LogP contribution in [0.1, 0.15) is 36.1 Å². The fraction of sp³-hybridized carbons (Fsp3) is 0.122. The first-order valence-electron chi connectivity index (χ1n) is 14.8. The summed E-state index contributed by atoms with van der Waals surface area (Å²) in [5, 5.41) is 0. The van der Waals surface area contributed by atoms with E-state index in [2.05, 4.69) is 172 Å². The van der Waals surface area contributed by atoms with Crippen molar-refractivity contribution in [1.29, 1.82) is 0 Å². The molecule has 0 unspecified atom stereocenters. The first-order valence-corrected chi connectivity index (χ1v) is 14.8. The van der Waals surface area contributed by atoms with Crippen molar-refractivity contribution in [3.63, 3.8) is 0 Å². The highest BCUT2D eigenvalue weighted by molar-refractivity contribution is 5.92. The summed E-state index contributed by atoms with van der Waals surface area (Å²) in [6, 6.07) is 50.8. The van der Waals surface area contributed by atoms with Crippen molar-refractivity contribution >= 4 is 17.1 Å². The van der Waals surface area contributed by atoms with Crippen molar-refractivity contribution in [2.75, 3.05) is 4.90 Å². The van der Waals surface area contributed by atoms with E-state index in [1.165, 1.54) is 67.0 Å². The third-order valence-electron chi connectivity index (χ3n) is 8.85. The second-order valence-electron chi connectivity index (χ2n) is 11.9. The van der Waals surface area contributed by atoms with E-state index in [1.54, 1.807) is 0 Å². The van der Waals surface area contributed by atoms with Gasteiger partial charge in [0, 0.05) is 11.1 Å². The van der Waals surface area contributed by atoms with Gasteiger partial charge in [-0.25, -0.2) is 0 Å². The topological polar surface area (TPSA) is 3.24 Å². The van der Waals surface area contributed by atoms with Crippen LogP contribution in [-0.2, 0) is 5.41 Å². The van der Waals surface area contributed by atoms with Crippen molar-refractivity contribution in [1.82, 2.24) is 0 Å². The molecule has 1 nitrogen and oxygen atoms in total. The van der Waals surface area contributed by atoms with Gasteiger partial charge < -0.3 is 4.90 Å². The molecule has 0 bridgehead atoms. The van der Waals surface area contributed by atoms with E-state index in [-0.39, 0.29) is 5.41 Å². The van der Waals surface area contributed by atoms with Gasteiger partial charge in [-0.05, 0) is 99.8 Å². The van der Waals surface area contributed by atoms with E-state index >= 15 is 0 Å². The minimum Gasteiger partial charge on any atom is -0.310 e. The summed E-state index contributed by atoms with van der Waals surface area (Å²) in [5.74, 6) is 0. The number of nitrogens with zero attached hydrogens (tertiary/aromatic N) is 1. The van der Waals surface area contributed by atoms with E-state index in [0.29, 0.717) is 0 Å². The number of fused-ring (bicyclic) bond motifs is 3. The molecule has 6 aromatic carbocycles. The normalized spacial score (nSPS) is 13.0. The third kappa shape index (κ3) is 4.25. The molecule has 204 valence electrons. The molecular formula is C41H35N. The Balaban J connectivity index is 1.45. The Kier molecular flexibility index (Phi) is 6.32. The van der Waals surface area contributed by atoms with Gasteiger partial charge in [-0.2, -0.15) is 0 Å². The molecule has 0 saturated heterocycles. The van der Waals surface area contributed by atoms with Crippen LogP contribution in [0.3, 0.4) is 0 Å². The van der Waals surface area contributed by atoms with E-state index in [1.807, 2.05) is 0 Å². The van der Waals surface area contributed by atoms with Crippen LogP contribution in [0.5, 0.6) is 0 Å². The predicted molar refractivity (Wildman–Crippen MR) is 179 cm³/mol. The predicted octanol–water partition coefficient (Wildman–Crippen LogP) is 11.4. The summed E-state index contributed by atoms with van der Waals surface area (Å²) in [6.45, 7) is 9.25. The smallest absolute Gasteiger partial charge is 0.0520 e. The lowest BCUT2D eigenvalue weighted by molar-refractivity contribution is 0.660. The van der Waals surface area contributed by atoms with Crippen LogP contribution in [0.4, 0.5) is 17.1 Å². The molecule has 0 radical (unpaired) electrons. The maximum Gasteiger partial charge on any atom is 0.0520 e. The SMILES string of the molecule is Cc1cc(-c2ccccc2)cc(C)c1N(c1ccc(-c2ccccc2)cc1)c1cccc2c1C(C)(C)c1ccccc1-2. The first-order chi connectivity index (χ1) is 20.4. The molecule has 0 heterocycles. The molecule has 7 rings (SSSR count). The van der Waals surface area contributed by atoms with Crippen molar-refractivity contribution in [3.05, 3.63) is 162 Å². The molecule has 0 amide bonds. The van der Waals surface area contributed by atoms with Crippen LogP contribution in [0, 0.1) is 13.8 Å². The highest BCUT2D eigenvalue weighted by atomic mass is 15.2. The average Bonchev–Trinajstić information content (AvgIpc) is 3.27. The lowest BCUT2D eigenvalue weighted by Gasteiger charge is -2.34. The molecule has 0 saturated carbocycles. The van der Waals surface area contributed by atoms with Gasteiger partial charge >= 0.3 is 0 Å². The van der Waals surface area contributed by atoms with Crippen molar-refractivity contribution < 1.29 is 0 Å². The molecule has 0 spiro atoms. The Morgan fingerprint density at radius 3 is 1.64 bits per heavy atom. The van der Waals surface area contributed by atoms with E-state index in [0.717, 1.165) is 5.69 Å². The number of aryl methyl sites for hydroxylation is 2. The molecule has 0 N–H and O–H groups in total. The Morgan fingerprint density at radius 1 is 0.476 bits per heavy atom. The van der Waals surface area contributed by atoms with Crippen molar-refractivity contribution in [2.24, 2.45) is 0 Å². The summed E-state index contributed by atoms with van der Waals surface area (Å²) in [4.78, 5) is 2.50. The molecule has 42 heavy (non-hydrogen) atoms. The molecule has 1 aliphatic rings. The van der Waals surface area contributed by atoms with E-state index < -0.39 is 0 Å². The van der Waals surface area contributed by atoms with Gasteiger partial charge in [0.1, 0.15) is 0 Å². The maximum atomic E-state index is 2.50. The van der Waals surface area contributed by atoms with E-state index in [9.17, 15) is 0 Å². The van der Waals surface area contributed by atoms with Gasteiger partial charge in [-0.1, -0.05) is 123 Å². The quantitative estimate of drug-likeness (QED) is 0.210. The lowest BCUT2D eigenvalue weighted by Crippen LogP contribution is -2.21. The minimum atomic E-state index is -0.128. The fourth-order valence-electron chi connectivity index (χ4n) is 6.93. The summed E-state index contributed by atoms with van der Waals surface area (Å²) in [6.07, 6.45) is 0. The highest BCUT2D eigenvalue weighted by Gasteiger charge is 2.39. The zero-order valence-corrected chi connectivity index (χ0v) is 24.7. The number of benzene rings is 6. The number of hydrogen-bond acceptors (Lipinski definition) is 1. The lowest BCUT2D eigenvalue weighted by atomic mass is 9.81. The average molecular weight is 542 g/mol. The van der Waals surface area contributed by atoms with Crippen molar-refractivity contribution in [3.8, 4) is 33.4 Å². The number of rotatable bonds is 5. The summed E-state index contributed by atoms with van der Waals surface area (Å²) in [7, 11) is 0. The Bertz CT molecular complexity index is 1870. The van der Waals surface area contributed by atoms with Gasteiger partial charge in [0.2, 0.25) is 0 Å². The van der Waals surface area contributed by atoms with Crippen molar-refractivity contribution in [2.45, 2.75) is 33.1 Å². The Labute approximate surface area is 249 Å². The summed E-state index contributed by atoms with van der Waals surface area (Å²) >= 11 is 0. The van der Waals surface area contributed by atoms with Gasteiger partial charge in [0.05, 0.1) is 11.4 Å². The standard InChI is InChI=1S/C41H35N/c1-28-26-33(31-16-9-6-10-17-31)27-29(2)40(28)42(34-24-22-32(23-25-34)30-14-7-5-8-15-30)38-21-13-19-36-35-18-11-12-20-37(35)41(3,4)39(36)38/h5-27H,1-4H3. The van der Waals surface area contributed by atoms with Crippen LogP contribution >= 0.6 is 0 Å². The van der Waals surface area contributed by atoms with Crippen LogP contribution in [-0.4, -0.2) is 0 Å². The molecule has 0 atom stereocenters. The Morgan fingerprint density at radius 2 is 1.00 bits per heavy atom. The van der Waals surface area contributed by atoms with Crippen LogP contribution in [0.25, 0.3) is 33.4 Å². The molecule has 1 aliphatic carbocycles. The molecule has 6 aromatic rings. The van der Waals surface area contributed by atoms with E-state index in [4.69, 9.17) is 0 Å². The molecular weight excluding hydrogens is 506 g/mol. The van der Waals surface area contributed by atoms with Gasteiger partial charge in [0.15, 0.2) is 0 Å². The fourth-order valence-corrected chi connectivity index (χ4v) is 6.93. The highest BCUT2D eigenvalue weighted by Crippen LogP contribution is 2.54. The molecule has 0 aromatic heterocycles. The monoisotopic (exact) mass is 541 g/mol. The zero-order valence-electron chi connectivity index (χ0n) is 24.7. The zero-order chi connectivity index (χ0) is 28.8. The summed E-state index contributed by atoms with van der Waals surface area (Å²) in [5.41, 5.74) is 16.4. The molecule has 0 fully saturated rings. The largest absolute Gasteiger partial charge is 0.310 e. The second-order valence-corrected chi connectivity index (χ2v) is 11.9. The minimum absolute atomic E-state index is 0.128. The van der Waals surface area contributed by atoms with Crippen LogP contribution in [0.2, 0.25) is 0 Å². The Hall–Kier alpha value is -4.88. The summed E-state index contributed by atoms with van der Waals surface area (Å²) < 4.78 is 0. The number of anilines is 3. The first kappa shape index (κ1) is 26.0. The second kappa shape index (κ2) is 10.2.